The molecule has 1 aromatic heterocycles. The number of amides is 1. The van der Waals surface area contributed by atoms with Gasteiger partial charge in [0.25, 0.3) is 5.91 Å². The average Bonchev–Trinajstić information content (AvgIpc) is 2.94. The van der Waals surface area contributed by atoms with Gasteiger partial charge in [-0.15, -0.1) is 11.3 Å². The van der Waals surface area contributed by atoms with Crippen LogP contribution < -0.4 is 11.1 Å². The van der Waals surface area contributed by atoms with Crippen molar-refractivity contribution in [3.05, 3.63) is 58.3 Å². The first-order valence-corrected chi connectivity index (χ1v) is 6.82. The van der Waals surface area contributed by atoms with Crippen molar-refractivity contribution in [1.29, 1.82) is 0 Å². The van der Waals surface area contributed by atoms with E-state index in [1.807, 2.05) is 41.8 Å². The number of thiophene rings is 1. The number of hydrogen-bond acceptors (Lipinski definition) is 3. The lowest BCUT2D eigenvalue weighted by molar-refractivity contribution is 0.0980. The number of hydrogen-bond donors (Lipinski definition) is 2. The summed E-state index contributed by atoms with van der Waals surface area (Å²) in [4.78, 5) is 16.5. The van der Waals surface area contributed by atoms with Gasteiger partial charge in [0, 0.05) is 6.54 Å². The maximum Gasteiger partial charge on any atom is 0.268 e. The van der Waals surface area contributed by atoms with Gasteiger partial charge in [-0.25, -0.2) is 0 Å². The maximum absolute atomic E-state index is 11.7. The molecule has 3 N–H and O–H groups in total. The first-order chi connectivity index (χ1) is 9.25. The van der Waals surface area contributed by atoms with Gasteiger partial charge in [-0.05, 0) is 23.4 Å². The second-order valence-corrected chi connectivity index (χ2v) is 4.88. The summed E-state index contributed by atoms with van der Waals surface area (Å²) in [6, 6.07) is 13.6. The van der Waals surface area contributed by atoms with E-state index in [1.165, 1.54) is 16.9 Å². The second-order valence-electron chi connectivity index (χ2n) is 3.93. The molecule has 0 spiro atoms. The van der Waals surface area contributed by atoms with Gasteiger partial charge in [0.1, 0.15) is 0 Å². The van der Waals surface area contributed by atoms with Gasteiger partial charge < -0.3 is 5.73 Å². The first kappa shape index (κ1) is 13.3. The molecule has 98 valence electrons. The number of benzene rings is 1. The minimum absolute atomic E-state index is 0.161. The highest BCUT2D eigenvalue weighted by atomic mass is 32.1. The van der Waals surface area contributed by atoms with Crippen molar-refractivity contribution in [2.75, 3.05) is 6.54 Å². The van der Waals surface area contributed by atoms with Crippen molar-refractivity contribution in [2.24, 2.45) is 10.7 Å². The Bertz CT molecular complexity index is 549. The van der Waals surface area contributed by atoms with Gasteiger partial charge in [-0.2, -0.15) is 0 Å². The van der Waals surface area contributed by atoms with Gasteiger partial charge in [-0.3, -0.25) is 15.1 Å². The van der Waals surface area contributed by atoms with Crippen LogP contribution in [0.2, 0.25) is 0 Å². The van der Waals surface area contributed by atoms with Crippen molar-refractivity contribution in [3.63, 3.8) is 0 Å². The number of carbonyl (C=O) groups is 1. The summed E-state index contributed by atoms with van der Waals surface area (Å²) in [5, 5.41) is 4.41. The van der Waals surface area contributed by atoms with E-state index in [0.29, 0.717) is 11.4 Å². The molecule has 0 aliphatic heterocycles. The summed E-state index contributed by atoms with van der Waals surface area (Å²) in [6.45, 7) is 0.556. The zero-order chi connectivity index (χ0) is 13.5. The highest BCUT2D eigenvalue weighted by molar-refractivity contribution is 7.12. The summed E-state index contributed by atoms with van der Waals surface area (Å²) < 4.78 is 0. The molecule has 19 heavy (non-hydrogen) atoms. The van der Waals surface area contributed by atoms with Crippen LogP contribution in [0.3, 0.4) is 0 Å². The molecule has 4 nitrogen and oxygen atoms in total. The monoisotopic (exact) mass is 273 g/mol. The molecule has 5 heteroatoms. The quantitative estimate of drug-likeness (QED) is 0.661. The van der Waals surface area contributed by atoms with Crippen LogP contribution >= 0.6 is 11.3 Å². The number of nitrogens with one attached hydrogen (secondary N) is 1. The fourth-order valence-corrected chi connectivity index (χ4v) is 2.19. The Morgan fingerprint density at radius 3 is 2.68 bits per heavy atom. The Balaban J connectivity index is 1.81. The molecule has 2 aromatic rings. The molecule has 0 bridgehead atoms. The Morgan fingerprint density at radius 1 is 1.21 bits per heavy atom. The van der Waals surface area contributed by atoms with E-state index >= 15 is 0 Å². The Morgan fingerprint density at radius 2 is 2.00 bits per heavy atom. The predicted molar refractivity (Wildman–Crippen MR) is 78.4 cm³/mol. The van der Waals surface area contributed by atoms with Gasteiger partial charge in [0.05, 0.1) is 4.88 Å². The SMILES string of the molecule is NC(=NCCc1ccccc1)NC(=O)c1cccs1. The third kappa shape index (κ3) is 4.22. The zero-order valence-electron chi connectivity index (χ0n) is 10.4. The molecule has 0 saturated heterocycles. The van der Waals surface area contributed by atoms with Crippen LogP contribution in [0, 0.1) is 0 Å². The fraction of sp³-hybridized carbons (Fsp3) is 0.143. The van der Waals surface area contributed by atoms with Crippen LogP contribution in [0.15, 0.2) is 52.8 Å². The molecule has 1 heterocycles. The fourth-order valence-electron chi connectivity index (χ4n) is 1.58. The number of aliphatic imine (C=N–C) groups is 1. The first-order valence-electron chi connectivity index (χ1n) is 5.94. The standard InChI is InChI=1S/C14H15N3OS/c15-14(17-13(18)12-7-4-10-19-12)16-9-8-11-5-2-1-3-6-11/h1-7,10H,8-9H2,(H3,15,16,17,18). The molecular formula is C14H15N3OS. The van der Waals surface area contributed by atoms with E-state index in [0.717, 1.165) is 6.42 Å². The van der Waals surface area contributed by atoms with Crippen LogP contribution in [0.4, 0.5) is 0 Å². The third-order valence-corrected chi connectivity index (χ3v) is 3.38. The molecule has 0 fully saturated rings. The van der Waals surface area contributed by atoms with Crippen LogP contribution in [0.1, 0.15) is 15.2 Å². The van der Waals surface area contributed by atoms with E-state index in [1.54, 1.807) is 6.07 Å². The van der Waals surface area contributed by atoms with Gasteiger partial charge in [0.2, 0.25) is 0 Å². The summed E-state index contributed by atoms with van der Waals surface area (Å²) in [6.07, 6.45) is 0.802. The number of nitrogens with zero attached hydrogens (tertiary/aromatic N) is 1. The number of rotatable bonds is 4. The highest BCUT2D eigenvalue weighted by Gasteiger charge is 2.06. The lowest BCUT2D eigenvalue weighted by atomic mass is 10.2. The van der Waals surface area contributed by atoms with E-state index in [2.05, 4.69) is 10.3 Å². The van der Waals surface area contributed by atoms with Gasteiger partial charge in [-0.1, -0.05) is 36.4 Å². The number of carbonyl (C=O) groups excluding carboxylic acids is 1. The van der Waals surface area contributed by atoms with Crippen LogP contribution in [0.25, 0.3) is 0 Å². The average molecular weight is 273 g/mol. The van der Waals surface area contributed by atoms with Crippen molar-refractivity contribution >= 4 is 23.2 Å². The largest absolute Gasteiger partial charge is 0.370 e. The molecule has 2 rings (SSSR count). The van der Waals surface area contributed by atoms with Gasteiger partial charge in [0.15, 0.2) is 5.96 Å². The summed E-state index contributed by atoms with van der Waals surface area (Å²) in [5.41, 5.74) is 6.87. The Hall–Kier alpha value is -2.14. The topological polar surface area (TPSA) is 67.5 Å². The molecule has 0 aliphatic carbocycles. The second kappa shape index (κ2) is 6.70. The minimum atomic E-state index is -0.212. The molecule has 0 atom stereocenters. The normalized spacial score (nSPS) is 11.3. The lowest BCUT2D eigenvalue weighted by Crippen LogP contribution is -2.36. The summed E-state index contributed by atoms with van der Waals surface area (Å²) in [5.74, 6) is -0.0507. The summed E-state index contributed by atoms with van der Waals surface area (Å²) in [7, 11) is 0. The summed E-state index contributed by atoms with van der Waals surface area (Å²) >= 11 is 1.37. The maximum atomic E-state index is 11.7. The van der Waals surface area contributed by atoms with Gasteiger partial charge >= 0.3 is 0 Å². The van der Waals surface area contributed by atoms with Crippen molar-refractivity contribution in [3.8, 4) is 0 Å². The zero-order valence-corrected chi connectivity index (χ0v) is 11.2. The van der Waals surface area contributed by atoms with E-state index in [-0.39, 0.29) is 11.9 Å². The Kier molecular flexibility index (Phi) is 4.69. The van der Waals surface area contributed by atoms with E-state index in [9.17, 15) is 4.79 Å². The number of guanidine groups is 1. The van der Waals surface area contributed by atoms with E-state index < -0.39 is 0 Å². The smallest absolute Gasteiger partial charge is 0.268 e. The predicted octanol–water partition coefficient (Wildman–Crippen LogP) is 2.04. The minimum Gasteiger partial charge on any atom is -0.370 e. The molecule has 1 aromatic carbocycles. The molecule has 0 saturated carbocycles. The van der Waals surface area contributed by atoms with Crippen LogP contribution in [-0.4, -0.2) is 18.4 Å². The lowest BCUT2D eigenvalue weighted by Gasteiger charge is -2.03. The number of nitrogens with two attached hydrogens (primary N) is 1. The van der Waals surface area contributed by atoms with Crippen molar-refractivity contribution < 1.29 is 4.79 Å². The molecule has 1 amide bonds. The highest BCUT2D eigenvalue weighted by Crippen LogP contribution is 2.07. The van der Waals surface area contributed by atoms with Crippen molar-refractivity contribution in [2.45, 2.75) is 6.42 Å². The third-order valence-electron chi connectivity index (χ3n) is 2.51. The molecule has 0 radical (unpaired) electrons. The molecule has 0 unspecified atom stereocenters. The van der Waals surface area contributed by atoms with Crippen LogP contribution in [-0.2, 0) is 6.42 Å². The molecular weight excluding hydrogens is 258 g/mol. The van der Waals surface area contributed by atoms with Crippen molar-refractivity contribution in [1.82, 2.24) is 5.32 Å². The Labute approximate surface area is 116 Å². The van der Waals surface area contributed by atoms with Crippen LogP contribution in [0.5, 0.6) is 0 Å². The molecule has 0 aliphatic rings. The van der Waals surface area contributed by atoms with E-state index in [4.69, 9.17) is 5.73 Å².